The fourth-order valence-electron chi connectivity index (χ4n) is 1.72. The van der Waals surface area contributed by atoms with Crippen molar-refractivity contribution in [1.82, 2.24) is 16.0 Å². The summed E-state index contributed by atoms with van der Waals surface area (Å²) in [6.45, 7) is 0. The Balaban J connectivity index is 3.36. The molecule has 0 heterocycles. The molecule has 6 nitrogen and oxygen atoms in total. The lowest BCUT2D eigenvalue weighted by atomic mass is 10.1. The number of urea groups is 1. The Morgan fingerprint density at radius 3 is 2.00 bits per heavy atom. The third-order valence-corrected chi connectivity index (χ3v) is 3.01. The summed E-state index contributed by atoms with van der Waals surface area (Å²) in [5.74, 6) is -1.68. The monoisotopic (exact) mass is 373 g/mol. The summed E-state index contributed by atoms with van der Waals surface area (Å²) in [6, 6.07) is 2.66. The predicted octanol–water partition coefficient (Wildman–Crippen LogP) is 2.17. The van der Waals surface area contributed by atoms with Crippen LogP contribution in [0.4, 0.5) is 31.1 Å². The highest BCUT2D eigenvalue weighted by Gasteiger charge is 2.73. The van der Waals surface area contributed by atoms with Gasteiger partial charge in [-0.2, -0.15) is 26.3 Å². The number of ether oxygens (including phenoxy) is 1. The highest BCUT2D eigenvalue weighted by Crippen LogP contribution is 2.41. The second-order valence-corrected chi connectivity index (χ2v) is 4.64. The van der Waals surface area contributed by atoms with Crippen LogP contribution in [-0.2, 0) is 0 Å². The molecule has 0 fully saturated rings. The van der Waals surface area contributed by atoms with Crippen LogP contribution in [0.1, 0.15) is 10.4 Å². The lowest BCUT2D eigenvalue weighted by Crippen LogP contribution is -2.77. The highest BCUT2D eigenvalue weighted by atomic mass is 19.4. The lowest BCUT2D eigenvalue weighted by Gasteiger charge is -2.37. The molecule has 1 aromatic carbocycles. The molecule has 1 aromatic rings. The summed E-state index contributed by atoms with van der Waals surface area (Å²) in [5, 5.41) is 3.13. The molecule has 0 unspecified atom stereocenters. The smallest absolute Gasteiger partial charge is 0.439 e. The minimum Gasteiger partial charge on any atom is -0.497 e. The van der Waals surface area contributed by atoms with Gasteiger partial charge in [0.2, 0.25) is 0 Å². The first kappa shape index (κ1) is 20.4. The number of halogens is 6. The van der Waals surface area contributed by atoms with Crippen molar-refractivity contribution in [3.63, 3.8) is 0 Å². The Labute approximate surface area is 137 Å². The van der Waals surface area contributed by atoms with E-state index in [0.29, 0.717) is 0 Å². The number of carbonyl (C=O) groups is 2. The molecule has 3 amide bonds. The van der Waals surface area contributed by atoms with Crippen molar-refractivity contribution < 1.29 is 40.7 Å². The summed E-state index contributed by atoms with van der Waals surface area (Å²) in [6.07, 6.45) is -12.2. The van der Waals surface area contributed by atoms with E-state index >= 15 is 0 Å². The molecule has 140 valence electrons. The molecule has 0 aliphatic carbocycles. The summed E-state index contributed by atoms with van der Waals surface area (Å²) < 4.78 is 83.9. The molecule has 0 spiro atoms. The predicted molar refractivity (Wildman–Crippen MR) is 72.9 cm³/mol. The molecule has 0 bridgehead atoms. The van der Waals surface area contributed by atoms with Gasteiger partial charge in [0.1, 0.15) is 5.75 Å². The molecule has 0 aromatic heterocycles. The van der Waals surface area contributed by atoms with Crippen LogP contribution in [0.5, 0.6) is 5.75 Å². The number of benzene rings is 1. The fourth-order valence-corrected chi connectivity index (χ4v) is 1.72. The van der Waals surface area contributed by atoms with E-state index in [-0.39, 0.29) is 5.75 Å². The van der Waals surface area contributed by atoms with E-state index in [1.807, 2.05) is 0 Å². The molecule has 12 heteroatoms. The maximum atomic E-state index is 13.2. The van der Waals surface area contributed by atoms with Gasteiger partial charge in [0.05, 0.1) is 7.11 Å². The minimum absolute atomic E-state index is 0.0385. The third-order valence-electron chi connectivity index (χ3n) is 3.01. The standard InChI is InChI=1S/C13H13F6N3O3/c1-20-10(24)22-11(12(14,15)16,13(17,18)19)21-9(23)7-4-3-5-8(6-7)25-2/h3-6H,1-2H3,(H,21,23)(H2,20,22,24). The summed E-state index contributed by atoms with van der Waals surface area (Å²) >= 11 is 0. The maximum absolute atomic E-state index is 13.2. The number of methoxy groups -OCH3 is 1. The Morgan fingerprint density at radius 2 is 1.56 bits per heavy atom. The van der Waals surface area contributed by atoms with Gasteiger partial charge in [-0.15, -0.1) is 0 Å². The van der Waals surface area contributed by atoms with Crippen LogP contribution < -0.4 is 20.7 Å². The summed E-state index contributed by atoms with van der Waals surface area (Å²) in [4.78, 5) is 23.1. The number of rotatable bonds is 4. The van der Waals surface area contributed by atoms with E-state index in [9.17, 15) is 35.9 Å². The molecule has 0 saturated carbocycles. The van der Waals surface area contributed by atoms with Gasteiger partial charge in [0.15, 0.2) is 0 Å². The largest absolute Gasteiger partial charge is 0.497 e. The van der Waals surface area contributed by atoms with Gasteiger partial charge in [-0.05, 0) is 18.2 Å². The number of alkyl halides is 6. The van der Waals surface area contributed by atoms with Crippen molar-refractivity contribution in [2.45, 2.75) is 18.0 Å². The van der Waals surface area contributed by atoms with E-state index < -0.39 is 35.5 Å². The van der Waals surface area contributed by atoms with Crippen LogP contribution in [0.2, 0.25) is 0 Å². The van der Waals surface area contributed by atoms with Gasteiger partial charge in [0.25, 0.3) is 5.91 Å². The first-order chi connectivity index (χ1) is 11.4. The highest BCUT2D eigenvalue weighted by molar-refractivity contribution is 5.95. The Morgan fingerprint density at radius 1 is 1.00 bits per heavy atom. The van der Waals surface area contributed by atoms with E-state index in [4.69, 9.17) is 4.74 Å². The zero-order valence-corrected chi connectivity index (χ0v) is 12.8. The molecular weight excluding hydrogens is 360 g/mol. The van der Waals surface area contributed by atoms with Gasteiger partial charge >= 0.3 is 24.0 Å². The number of amides is 3. The van der Waals surface area contributed by atoms with E-state index in [1.54, 1.807) is 5.32 Å². The van der Waals surface area contributed by atoms with Crippen molar-refractivity contribution in [3.05, 3.63) is 29.8 Å². The second kappa shape index (κ2) is 7.07. The van der Waals surface area contributed by atoms with Crippen molar-refractivity contribution >= 4 is 11.9 Å². The number of carbonyl (C=O) groups excluding carboxylic acids is 2. The van der Waals surface area contributed by atoms with Crippen LogP contribution in [0.15, 0.2) is 24.3 Å². The normalized spacial score (nSPS) is 12.3. The van der Waals surface area contributed by atoms with Crippen molar-refractivity contribution in [2.75, 3.05) is 14.2 Å². The Kier molecular flexibility index (Phi) is 5.76. The number of hydrogen-bond acceptors (Lipinski definition) is 3. The zero-order valence-electron chi connectivity index (χ0n) is 12.8. The molecule has 0 radical (unpaired) electrons. The number of hydrogen-bond donors (Lipinski definition) is 3. The van der Waals surface area contributed by atoms with Crippen LogP contribution in [0.25, 0.3) is 0 Å². The first-order valence-corrected chi connectivity index (χ1v) is 6.48. The van der Waals surface area contributed by atoms with E-state index in [2.05, 4.69) is 0 Å². The quantitative estimate of drug-likeness (QED) is 0.559. The molecule has 0 atom stereocenters. The van der Waals surface area contributed by atoms with Crippen LogP contribution in [0.3, 0.4) is 0 Å². The summed E-state index contributed by atoms with van der Waals surface area (Å²) in [7, 11) is 2.01. The third kappa shape index (κ3) is 4.25. The maximum Gasteiger partial charge on any atom is 0.439 e. The molecular formula is C13H13F6N3O3. The van der Waals surface area contributed by atoms with Gasteiger partial charge in [0, 0.05) is 12.6 Å². The van der Waals surface area contributed by atoms with E-state index in [0.717, 1.165) is 29.8 Å². The molecule has 0 saturated heterocycles. The van der Waals surface area contributed by atoms with Crippen LogP contribution in [0, 0.1) is 0 Å². The second-order valence-electron chi connectivity index (χ2n) is 4.64. The SMILES string of the molecule is CNC(=O)NC(NC(=O)c1cccc(OC)c1)(C(F)(F)F)C(F)(F)F. The van der Waals surface area contributed by atoms with Gasteiger partial charge in [-0.3, -0.25) is 10.1 Å². The zero-order chi connectivity index (χ0) is 19.5. The van der Waals surface area contributed by atoms with Crippen LogP contribution >= 0.6 is 0 Å². The summed E-state index contributed by atoms with van der Waals surface area (Å²) in [5.41, 5.74) is -5.52. The van der Waals surface area contributed by atoms with Gasteiger partial charge < -0.3 is 15.4 Å². The average molecular weight is 373 g/mol. The molecule has 0 aliphatic rings. The van der Waals surface area contributed by atoms with Gasteiger partial charge in [-0.25, -0.2) is 4.79 Å². The van der Waals surface area contributed by atoms with E-state index in [1.165, 1.54) is 19.2 Å². The average Bonchev–Trinajstić information content (AvgIpc) is 2.51. The topological polar surface area (TPSA) is 79.5 Å². The van der Waals surface area contributed by atoms with Gasteiger partial charge in [-0.1, -0.05) is 6.07 Å². The van der Waals surface area contributed by atoms with Crippen molar-refractivity contribution in [1.29, 1.82) is 0 Å². The minimum atomic E-state index is -6.08. The van der Waals surface area contributed by atoms with Crippen LogP contribution in [-0.4, -0.2) is 44.1 Å². The fraction of sp³-hybridized carbons (Fsp3) is 0.385. The van der Waals surface area contributed by atoms with Crippen molar-refractivity contribution in [3.8, 4) is 5.75 Å². The molecule has 3 N–H and O–H groups in total. The molecule has 1 rings (SSSR count). The number of nitrogens with one attached hydrogen (secondary N) is 3. The molecule has 0 aliphatic heterocycles. The Hall–Kier alpha value is -2.66. The molecule has 25 heavy (non-hydrogen) atoms. The lowest BCUT2D eigenvalue weighted by molar-refractivity contribution is -0.310. The van der Waals surface area contributed by atoms with Crippen molar-refractivity contribution in [2.24, 2.45) is 0 Å². The first-order valence-electron chi connectivity index (χ1n) is 6.48. The Bertz CT molecular complexity index is 631.